The molecule has 0 amide bonds. The third-order valence-corrected chi connectivity index (χ3v) is 1.20. The van der Waals surface area contributed by atoms with Gasteiger partial charge in [-0.25, -0.2) is 0 Å². The third kappa shape index (κ3) is 5.63. The molecule has 1 N–H and O–H groups in total. The summed E-state index contributed by atoms with van der Waals surface area (Å²) in [6.07, 6.45) is 2.04. The van der Waals surface area contributed by atoms with Crippen LogP contribution in [0.15, 0.2) is 12.3 Å². The molecule has 0 heterocycles. The summed E-state index contributed by atoms with van der Waals surface area (Å²) in [7, 11) is 0. The lowest BCUT2D eigenvalue weighted by Gasteiger charge is -2.06. The summed E-state index contributed by atoms with van der Waals surface area (Å²) in [5.74, 6) is 0. The van der Waals surface area contributed by atoms with Crippen LogP contribution in [0.4, 0.5) is 0 Å². The van der Waals surface area contributed by atoms with E-state index in [4.69, 9.17) is 4.74 Å². The molecule has 0 aromatic heterocycles. The molecule has 0 fully saturated rings. The lowest BCUT2D eigenvalue weighted by atomic mass is 10.4. The van der Waals surface area contributed by atoms with Crippen molar-refractivity contribution < 1.29 is 4.74 Å². The molecule has 2 heteroatoms. The molecule has 0 unspecified atom stereocenters. The molecular weight excluding hydrogens is 126 g/mol. The van der Waals surface area contributed by atoms with Crippen LogP contribution in [0.1, 0.15) is 26.7 Å². The first-order valence-electron chi connectivity index (χ1n) is 3.80. The van der Waals surface area contributed by atoms with Crippen LogP contribution in [0, 0.1) is 0 Å². The van der Waals surface area contributed by atoms with E-state index in [1.54, 1.807) is 0 Å². The third-order valence-electron chi connectivity index (χ3n) is 1.20. The summed E-state index contributed by atoms with van der Waals surface area (Å²) in [6, 6.07) is 0. The van der Waals surface area contributed by atoms with Gasteiger partial charge in [0.15, 0.2) is 0 Å². The van der Waals surface area contributed by atoms with Crippen molar-refractivity contribution in [1.29, 1.82) is 0 Å². The van der Waals surface area contributed by atoms with Crippen molar-refractivity contribution in [2.24, 2.45) is 0 Å². The van der Waals surface area contributed by atoms with Gasteiger partial charge < -0.3 is 10.1 Å². The minimum absolute atomic E-state index is 0.598. The average molecular weight is 143 g/mol. The molecule has 0 aliphatic rings. The first kappa shape index (κ1) is 9.50. The van der Waals surface area contributed by atoms with Crippen molar-refractivity contribution in [3.63, 3.8) is 0 Å². The fraction of sp³-hybridized carbons (Fsp3) is 0.750. The minimum Gasteiger partial charge on any atom is -0.367 e. The monoisotopic (exact) mass is 143 g/mol. The summed E-state index contributed by atoms with van der Waals surface area (Å²) >= 11 is 0. The fourth-order valence-electron chi connectivity index (χ4n) is 0.495. The lowest BCUT2D eigenvalue weighted by molar-refractivity contribution is 0.123. The van der Waals surface area contributed by atoms with Gasteiger partial charge in [-0.1, -0.05) is 20.4 Å². The highest BCUT2D eigenvalue weighted by atomic mass is 16.5. The Kier molecular flexibility index (Phi) is 6.29. The summed E-state index contributed by atoms with van der Waals surface area (Å²) in [4.78, 5) is 0. The normalized spacial score (nSPS) is 9.40. The molecule has 0 saturated heterocycles. The van der Waals surface area contributed by atoms with E-state index in [1.807, 2.05) is 0 Å². The molecular formula is C8H17NO. The van der Waals surface area contributed by atoms with E-state index < -0.39 is 0 Å². The van der Waals surface area contributed by atoms with E-state index in [0.29, 0.717) is 6.73 Å². The van der Waals surface area contributed by atoms with Crippen molar-refractivity contribution in [1.82, 2.24) is 5.32 Å². The van der Waals surface area contributed by atoms with Crippen molar-refractivity contribution in [2.45, 2.75) is 26.7 Å². The second-order valence-corrected chi connectivity index (χ2v) is 2.19. The fourth-order valence-corrected chi connectivity index (χ4v) is 0.495. The maximum atomic E-state index is 5.18. The molecule has 0 rings (SSSR count). The highest BCUT2D eigenvalue weighted by Crippen LogP contribution is 1.88. The van der Waals surface area contributed by atoms with Crippen LogP contribution in [-0.4, -0.2) is 13.3 Å². The summed E-state index contributed by atoms with van der Waals surface area (Å²) in [5.41, 5.74) is 1.04. The molecule has 0 radical (unpaired) electrons. The van der Waals surface area contributed by atoms with Crippen LogP contribution in [0.2, 0.25) is 0 Å². The quantitative estimate of drug-likeness (QED) is 0.453. The zero-order chi connectivity index (χ0) is 7.82. The molecule has 10 heavy (non-hydrogen) atoms. The number of hydrogen-bond donors (Lipinski definition) is 1. The Morgan fingerprint density at radius 3 is 2.70 bits per heavy atom. The first-order chi connectivity index (χ1) is 4.81. The van der Waals surface area contributed by atoms with Crippen LogP contribution >= 0.6 is 0 Å². The summed E-state index contributed by atoms with van der Waals surface area (Å²) in [5, 5.41) is 3.05. The van der Waals surface area contributed by atoms with Crippen LogP contribution < -0.4 is 5.32 Å². The van der Waals surface area contributed by atoms with Crippen LogP contribution in [0.3, 0.4) is 0 Å². The van der Waals surface area contributed by atoms with Gasteiger partial charge in [0.1, 0.15) is 6.73 Å². The number of hydrogen-bond acceptors (Lipinski definition) is 2. The molecule has 0 aromatic rings. The van der Waals surface area contributed by atoms with Gasteiger partial charge in [-0.15, -0.1) is 0 Å². The zero-order valence-electron chi connectivity index (χ0n) is 6.94. The number of rotatable bonds is 6. The standard InChI is InChI=1S/C8H17NO/c1-4-6-10-7-9-8(3)5-2/h9H,3-7H2,1-2H3. The molecule has 0 spiro atoms. The van der Waals surface area contributed by atoms with Gasteiger partial charge in [-0.05, 0) is 12.8 Å². The smallest absolute Gasteiger partial charge is 0.116 e. The Hall–Kier alpha value is -0.500. The van der Waals surface area contributed by atoms with E-state index in [0.717, 1.165) is 25.1 Å². The maximum absolute atomic E-state index is 5.18. The number of allylic oxidation sites excluding steroid dienone is 1. The molecule has 0 aliphatic carbocycles. The molecule has 0 aliphatic heterocycles. The molecule has 0 atom stereocenters. The van der Waals surface area contributed by atoms with Crippen molar-refractivity contribution in [3.05, 3.63) is 12.3 Å². The lowest BCUT2D eigenvalue weighted by Crippen LogP contribution is -2.16. The second kappa shape index (κ2) is 6.62. The van der Waals surface area contributed by atoms with E-state index in [-0.39, 0.29) is 0 Å². The van der Waals surface area contributed by atoms with Gasteiger partial charge in [0.2, 0.25) is 0 Å². The zero-order valence-corrected chi connectivity index (χ0v) is 6.94. The first-order valence-corrected chi connectivity index (χ1v) is 3.80. The Morgan fingerprint density at radius 2 is 2.20 bits per heavy atom. The second-order valence-electron chi connectivity index (χ2n) is 2.19. The summed E-state index contributed by atoms with van der Waals surface area (Å²) in [6.45, 7) is 9.36. The Morgan fingerprint density at radius 1 is 1.50 bits per heavy atom. The van der Waals surface area contributed by atoms with Crippen LogP contribution in [-0.2, 0) is 4.74 Å². The predicted molar refractivity (Wildman–Crippen MR) is 43.7 cm³/mol. The number of nitrogens with one attached hydrogen (secondary N) is 1. The van der Waals surface area contributed by atoms with E-state index >= 15 is 0 Å². The summed E-state index contributed by atoms with van der Waals surface area (Å²) < 4.78 is 5.18. The molecule has 0 bridgehead atoms. The Balaban J connectivity index is 2.96. The van der Waals surface area contributed by atoms with Crippen molar-refractivity contribution in [3.8, 4) is 0 Å². The number of ether oxygens (including phenoxy) is 1. The van der Waals surface area contributed by atoms with Gasteiger partial charge in [0.25, 0.3) is 0 Å². The molecule has 0 aromatic carbocycles. The van der Waals surface area contributed by atoms with Gasteiger partial charge in [-0.3, -0.25) is 0 Å². The largest absolute Gasteiger partial charge is 0.367 e. The van der Waals surface area contributed by atoms with E-state index in [2.05, 4.69) is 25.7 Å². The van der Waals surface area contributed by atoms with E-state index in [9.17, 15) is 0 Å². The van der Waals surface area contributed by atoms with Crippen LogP contribution in [0.5, 0.6) is 0 Å². The topological polar surface area (TPSA) is 21.3 Å². The SMILES string of the molecule is C=C(CC)NCOCCC. The molecule has 60 valence electrons. The highest BCUT2D eigenvalue weighted by molar-refractivity contribution is 4.87. The van der Waals surface area contributed by atoms with Gasteiger partial charge in [0.05, 0.1) is 0 Å². The van der Waals surface area contributed by atoms with Gasteiger partial charge >= 0.3 is 0 Å². The van der Waals surface area contributed by atoms with Gasteiger partial charge in [-0.2, -0.15) is 0 Å². The highest BCUT2D eigenvalue weighted by Gasteiger charge is 1.86. The van der Waals surface area contributed by atoms with Crippen molar-refractivity contribution in [2.75, 3.05) is 13.3 Å². The molecule has 2 nitrogen and oxygen atoms in total. The predicted octanol–water partition coefficient (Wildman–Crippen LogP) is 1.88. The average Bonchev–Trinajstić information content (AvgIpc) is 1.98. The Labute approximate surface area is 63.3 Å². The van der Waals surface area contributed by atoms with E-state index in [1.165, 1.54) is 0 Å². The van der Waals surface area contributed by atoms with Gasteiger partial charge in [0, 0.05) is 12.3 Å². The maximum Gasteiger partial charge on any atom is 0.116 e. The van der Waals surface area contributed by atoms with Crippen LogP contribution in [0.25, 0.3) is 0 Å². The Bertz CT molecular complexity index is 91.3. The minimum atomic E-state index is 0.598. The van der Waals surface area contributed by atoms with Crippen molar-refractivity contribution >= 4 is 0 Å². The molecule has 0 saturated carbocycles.